The Morgan fingerprint density at radius 2 is 2.32 bits per heavy atom. The fourth-order valence-corrected chi connectivity index (χ4v) is 3.52. The summed E-state index contributed by atoms with van der Waals surface area (Å²) in [5, 5.41) is 15.9. The van der Waals surface area contributed by atoms with Crippen molar-refractivity contribution in [3.05, 3.63) is 27.4 Å². The number of aliphatic hydroxyl groups is 1. The summed E-state index contributed by atoms with van der Waals surface area (Å²) in [6, 6.07) is 3.39. The second kappa shape index (κ2) is 6.57. The maximum absolute atomic E-state index is 13.4. The van der Waals surface area contributed by atoms with E-state index in [1.807, 2.05) is 0 Å². The Morgan fingerprint density at radius 1 is 1.55 bits per heavy atom. The zero-order valence-corrected chi connectivity index (χ0v) is 14.0. The molecule has 0 bridgehead atoms. The summed E-state index contributed by atoms with van der Waals surface area (Å²) >= 11 is 4.49. The van der Waals surface area contributed by atoms with Crippen molar-refractivity contribution >= 4 is 43.4 Å². The lowest BCUT2D eigenvalue weighted by Gasteiger charge is -2.12. The highest BCUT2D eigenvalue weighted by molar-refractivity contribution is 9.10. The molecule has 1 aliphatic carbocycles. The van der Waals surface area contributed by atoms with Gasteiger partial charge in [-0.1, -0.05) is 0 Å². The fourth-order valence-electron chi connectivity index (χ4n) is 2.04. The number of benzene rings is 1. The lowest BCUT2D eigenvalue weighted by atomic mass is 10.3. The standard InChI is InChI=1S/C14H15BrFN3O2S/c15-8-3-11-10(4-9(8)16)19-14(22-11)5-12(20)17-6-13(21)18-7-1-2-7/h3-4,7,13,18,21H,1-2,5-6H2,(H,17,20). The third-order valence-electron chi connectivity index (χ3n) is 3.28. The minimum absolute atomic E-state index is 0.120. The zero-order valence-electron chi connectivity index (χ0n) is 11.6. The monoisotopic (exact) mass is 387 g/mol. The quantitative estimate of drug-likeness (QED) is 0.662. The van der Waals surface area contributed by atoms with Crippen molar-refractivity contribution in [2.45, 2.75) is 31.5 Å². The van der Waals surface area contributed by atoms with Gasteiger partial charge >= 0.3 is 0 Å². The van der Waals surface area contributed by atoms with Crippen LogP contribution in [0.1, 0.15) is 17.8 Å². The van der Waals surface area contributed by atoms with Crippen LogP contribution in [0.4, 0.5) is 4.39 Å². The first-order chi connectivity index (χ1) is 10.5. The molecule has 1 aromatic carbocycles. The van der Waals surface area contributed by atoms with Gasteiger partial charge in [-0.05, 0) is 34.8 Å². The number of amides is 1. The number of carbonyl (C=O) groups is 1. The SMILES string of the molecule is O=C(Cc1nc2cc(F)c(Br)cc2s1)NCC(O)NC1CC1. The molecule has 0 saturated heterocycles. The van der Waals surface area contributed by atoms with E-state index in [1.165, 1.54) is 17.4 Å². The molecule has 1 aliphatic rings. The first kappa shape index (κ1) is 15.8. The summed E-state index contributed by atoms with van der Waals surface area (Å²) in [5.74, 6) is -0.585. The van der Waals surface area contributed by atoms with E-state index in [4.69, 9.17) is 0 Å². The van der Waals surface area contributed by atoms with Gasteiger partial charge in [0.15, 0.2) is 0 Å². The summed E-state index contributed by atoms with van der Waals surface area (Å²) < 4.78 is 14.7. The number of hydrogen-bond acceptors (Lipinski definition) is 5. The van der Waals surface area contributed by atoms with Gasteiger partial charge in [0.1, 0.15) is 17.1 Å². The van der Waals surface area contributed by atoms with Gasteiger partial charge in [-0.2, -0.15) is 0 Å². The highest BCUT2D eigenvalue weighted by Crippen LogP contribution is 2.28. The number of aromatic nitrogens is 1. The van der Waals surface area contributed by atoms with Crippen LogP contribution in [0.2, 0.25) is 0 Å². The maximum atomic E-state index is 13.4. The minimum atomic E-state index is -0.725. The molecule has 0 radical (unpaired) electrons. The average molecular weight is 388 g/mol. The first-order valence-electron chi connectivity index (χ1n) is 6.96. The molecule has 8 heteroatoms. The van der Waals surface area contributed by atoms with Gasteiger partial charge in [-0.25, -0.2) is 9.37 Å². The Kier molecular flexibility index (Phi) is 4.72. The van der Waals surface area contributed by atoms with Crippen molar-refractivity contribution in [1.29, 1.82) is 0 Å². The molecular formula is C14H15BrFN3O2S. The van der Waals surface area contributed by atoms with Crippen LogP contribution >= 0.6 is 27.3 Å². The van der Waals surface area contributed by atoms with Crippen molar-refractivity contribution in [1.82, 2.24) is 15.6 Å². The average Bonchev–Trinajstić information content (AvgIpc) is 3.18. The van der Waals surface area contributed by atoms with Gasteiger partial charge in [0.05, 0.1) is 27.7 Å². The topological polar surface area (TPSA) is 74.2 Å². The second-order valence-corrected chi connectivity index (χ2v) is 7.25. The molecule has 1 aromatic heterocycles. The van der Waals surface area contributed by atoms with E-state index in [9.17, 15) is 14.3 Å². The van der Waals surface area contributed by atoms with Crippen LogP contribution in [0.5, 0.6) is 0 Å². The Hall–Kier alpha value is -1.09. The van der Waals surface area contributed by atoms with Crippen LogP contribution in [0, 0.1) is 5.82 Å². The molecule has 1 fully saturated rings. The number of halogens is 2. The Balaban J connectivity index is 1.56. The molecule has 1 unspecified atom stereocenters. The summed E-state index contributed by atoms with van der Waals surface area (Å²) in [7, 11) is 0. The number of carbonyl (C=O) groups excluding carboxylic acids is 1. The van der Waals surface area contributed by atoms with Crippen LogP contribution < -0.4 is 10.6 Å². The number of nitrogens with zero attached hydrogens (tertiary/aromatic N) is 1. The molecule has 1 saturated carbocycles. The van der Waals surface area contributed by atoms with Crippen LogP contribution in [-0.2, 0) is 11.2 Å². The smallest absolute Gasteiger partial charge is 0.227 e. The molecule has 22 heavy (non-hydrogen) atoms. The van der Waals surface area contributed by atoms with Crippen molar-refractivity contribution in [2.75, 3.05) is 6.54 Å². The van der Waals surface area contributed by atoms with E-state index in [0.29, 0.717) is 21.0 Å². The Bertz CT molecular complexity index is 666. The number of fused-ring (bicyclic) bond motifs is 1. The normalized spacial score (nSPS) is 16.0. The molecule has 5 nitrogen and oxygen atoms in total. The largest absolute Gasteiger partial charge is 0.377 e. The molecule has 0 spiro atoms. The van der Waals surface area contributed by atoms with E-state index in [-0.39, 0.29) is 24.7 Å². The lowest BCUT2D eigenvalue weighted by molar-refractivity contribution is -0.121. The van der Waals surface area contributed by atoms with E-state index < -0.39 is 6.23 Å². The van der Waals surface area contributed by atoms with E-state index in [1.54, 1.807) is 6.07 Å². The Morgan fingerprint density at radius 3 is 3.05 bits per heavy atom. The summed E-state index contributed by atoms with van der Waals surface area (Å²) in [4.78, 5) is 16.1. The van der Waals surface area contributed by atoms with Gasteiger partial charge in [0.2, 0.25) is 5.91 Å². The number of rotatable bonds is 6. The molecule has 3 rings (SSSR count). The number of thiazole rings is 1. The molecule has 2 aromatic rings. The highest BCUT2D eigenvalue weighted by Gasteiger charge is 2.23. The van der Waals surface area contributed by atoms with Crippen LogP contribution in [-0.4, -0.2) is 34.8 Å². The number of aliphatic hydroxyl groups excluding tert-OH is 1. The summed E-state index contributed by atoms with van der Waals surface area (Å²) in [6.45, 7) is 0.167. The van der Waals surface area contributed by atoms with E-state index in [2.05, 4.69) is 31.5 Å². The number of hydrogen-bond donors (Lipinski definition) is 3. The molecule has 3 N–H and O–H groups in total. The number of nitrogens with one attached hydrogen (secondary N) is 2. The second-order valence-electron chi connectivity index (χ2n) is 5.28. The summed E-state index contributed by atoms with van der Waals surface area (Å²) in [5.41, 5.74) is 0.545. The maximum Gasteiger partial charge on any atom is 0.227 e. The van der Waals surface area contributed by atoms with Crippen molar-refractivity contribution in [3.8, 4) is 0 Å². The molecule has 118 valence electrons. The molecule has 1 amide bonds. The van der Waals surface area contributed by atoms with Crippen LogP contribution in [0.25, 0.3) is 10.2 Å². The predicted molar refractivity (Wildman–Crippen MR) is 86.2 cm³/mol. The third kappa shape index (κ3) is 4.01. The van der Waals surface area contributed by atoms with Gasteiger partial charge in [-0.15, -0.1) is 11.3 Å². The van der Waals surface area contributed by atoms with Crippen LogP contribution in [0.15, 0.2) is 16.6 Å². The zero-order chi connectivity index (χ0) is 15.7. The minimum Gasteiger partial charge on any atom is -0.377 e. The van der Waals surface area contributed by atoms with Gasteiger partial charge < -0.3 is 10.4 Å². The summed E-state index contributed by atoms with van der Waals surface area (Å²) in [6.07, 6.45) is 1.54. The Labute approximate surface area is 139 Å². The van der Waals surface area contributed by atoms with Crippen molar-refractivity contribution in [3.63, 3.8) is 0 Å². The van der Waals surface area contributed by atoms with E-state index >= 15 is 0 Å². The van der Waals surface area contributed by atoms with Crippen molar-refractivity contribution in [2.24, 2.45) is 0 Å². The molecule has 0 aliphatic heterocycles. The lowest BCUT2D eigenvalue weighted by Crippen LogP contribution is -2.42. The highest BCUT2D eigenvalue weighted by atomic mass is 79.9. The molecule has 1 atom stereocenters. The fraction of sp³-hybridized carbons (Fsp3) is 0.429. The van der Waals surface area contributed by atoms with Gasteiger partial charge in [0, 0.05) is 12.1 Å². The molecular weight excluding hydrogens is 373 g/mol. The predicted octanol–water partition coefficient (Wildman–Crippen LogP) is 1.93. The third-order valence-corrected chi connectivity index (χ3v) is 4.91. The molecule has 1 heterocycles. The van der Waals surface area contributed by atoms with Crippen molar-refractivity contribution < 1.29 is 14.3 Å². The van der Waals surface area contributed by atoms with Crippen LogP contribution in [0.3, 0.4) is 0 Å². The van der Waals surface area contributed by atoms with Gasteiger partial charge in [0.25, 0.3) is 0 Å². The van der Waals surface area contributed by atoms with Gasteiger partial charge in [-0.3, -0.25) is 10.1 Å². The van der Waals surface area contributed by atoms with E-state index in [0.717, 1.165) is 17.5 Å². The first-order valence-corrected chi connectivity index (χ1v) is 8.57.